The highest BCUT2D eigenvalue weighted by atomic mass is 16.2. The van der Waals surface area contributed by atoms with Gasteiger partial charge in [0.25, 0.3) is 0 Å². The summed E-state index contributed by atoms with van der Waals surface area (Å²) in [7, 11) is 0. The zero-order chi connectivity index (χ0) is 13.6. The standard InChI is InChI=1S/C15H24N2O/c1-4-13(12-8-6-5-7-9-12)14(18)17-15(2,3)10-11-16/h5-9,13H,4,10-11,16H2,1-3H3,(H,17,18). The van der Waals surface area contributed by atoms with Gasteiger partial charge in [-0.2, -0.15) is 0 Å². The van der Waals surface area contributed by atoms with Crippen molar-refractivity contribution in [2.24, 2.45) is 5.73 Å². The van der Waals surface area contributed by atoms with Crippen molar-refractivity contribution in [2.45, 2.75) is 45.1 Å². The molecular weight excluding hydrogens is 224 g/mol. The van der Waals surface area contributed by atoms with Crippen LogP contribution in [-0.4, -0.2) is 18.0 Å². The Bertz CT molecular complexity index is 373. The van der Waals surface area contributed by atoms with Gasteiger partial charge in [-0.1, -0.05) is 37.3 Å². The van der Waals surface area contributed by atoms with Crippen LogP contribution in [0.15, 0.2) is 30.3 Å². The molecule has 0 aromatic heterocycles. The van der Waals surface area contributed by atoms with Gasteiger partial charge in [-0.05, 0) is 38.8 Å². The Morgan fingerprint density at radius 3 is 2.44 bits per heavy atom. The van der Waals surface area contributed by atoms with Gasteiger partial charge in [0, 0.05) is 5.54 Å². The highest BCUT2D eigenvalue weighted by Gasteiger charge is 2.25. The number of hydrogen-bond acceptors (Lipinski definition) is 2. The van der Waals surface area contributed by atoms with Gasteiger partial charge in [0.05, 0.1) is 5.92 Å². The molecule has 100 valence electrons. The summed E-state index contributed by atoms with van der Waals surface area (Å²) in [5.41, 5.74) is 6.39. The zero-order valence-corrected chi connectivity index (χ0v) is 11.6. The number of carbonyl (C=O) groups excluding carboxylic acids is 1. The lowest BCUT2D eigenvalue weighted by Gasteiger charge is -2.28. The summed E-state index contributed by atoms with van der Waals surface area (Å²) in [6.07, 6.45) is 1.58. The van der Waals surface area contributed by atoms with Crippen molar-refractivity contribution in [3.63, 3.8) is 0 Å². The quantitative estimate of drug-likeness (QED) is 0.812. The maximum atomic E-state index is 12.3. The molecule has 0 fully saturated rings. The highest BCUT2D eigenvalue weighted by molar-refractivity contribution is 5.84. The molecule has 3 N–H and O–H groups in total. The van der Waals surface area contributed by atoms with Gasteiger partial charge in [0.2, 0.25) is 5.91 Å². The average molecular weight is 248 g/mol. The maximum Gasteiger partial charge on any atom is 0.227 e. The van der Waals surface area contributed by atoms with Crippen LogP contribution in [0.4, 0.5) is 0 Å². The van der Waals surface area contributed by atoms with Crippen molar-refractivity contribution in [1.82, 2.24) is 5.32 Å². The van der Waals surface area contributed by atoms with Crippen molar-refractivity contribution in [2.75, 3.05) is 6.54 Å². The van der Waals surface area contributed by atoms with Gasteiger partial charge < -0.3 is 11.1 Å². The Labute approximate surface area is 110 Å². The van der Waals surface area contributed by atoms with E-state index in [9.17, 15) is 4.79 Å². The molecule has 3 heteroatoms. The largest absolute Gasteiger partial charge is 0.351 e. The number of benzene rings is 1. The van der Waals surface area contributed by atoms with Gasteiger partial charge >= 0.3 is 0 Å². The molecule has 0 aliphatic heterocycles. The number of nitrogens with two attached hydrogens (primary N) is 1. The van der Waals surface area contributed by atoms with Crippen molar-refractivity contribution in [1.29, 1.82) is 0 Å². The number of rotatable bonds is 6. The fourth-order valence-corrected chi connectivity index (χ4v) is 2.10. The first-order chi connectivity index (χ1) is 8.50. The minimum Gasteiger partial charge on any atom is -0.351 e. The van der Waals surface area contributed by atoms with Crippen molar-refractivity contribution in [3.05, 3.63) is 35.9 Å². The van der Waals surface area contributed by atoms with E-state index in [2.05, 4.69) is 5.32 Å². The summed E-state index contributed by atoms with van der Waals surface area (Å²) in [6, 6.07) is 9.91. The van der Waals surface area contributed by atoms with Crippen LogP contribution in [0.1, 0.15) is 45.1 Å². The number of hydrogen-bond donors (Lipinski definition) is 2. The normalized spacial score (nSPS) is 13.1. The Morgan fingerprint density at radius 2 is 1.94 bits per heavy atom. The third kappa shape index (κ3) is 4.15. The van der Waals surface area contributed by atoms with Crippen LogP contribution in [0, 0.1) is 0 Å². The molecule has 0 heterocycles. The Hall–Kier alpha value is -1.35. The predicted molar refractivity (Wildman–Crippen MR) is 75.4 cm³/mol. The highest BCUT2D eigenvalue weighted by Crippen LogP contribution is 2.21. The molecule has 1 amide bonds. The topological polar surface area (TPSA) is 55.1 Å². The number of nitrogens with one attached hydrogen (secondary N) is 1. The molecule has 1 aromatic carbocycles. The molecule has 18 heavy (non-hydrogen) atoms. The monoisotopic (exact) mass is 248 g/mol. The smallest absolute Gasteiger partial charge is 0.227 e. The summed E-state index contributed by atoms with van der Waals surface area (Å²) in [5, 5.41) is 3.09. The molecule has 0 saturated carbocycles. The minimum absolute atomic E-state index is 0.0803. The van der Waals surface area contributed by atoms with Gasteiger partial charge in [0.1, 0.15) is 0 Å². The van der Waals surface area contributed by atoms with E-state index >= 15 is 0 Å². The zero-order valence-electron chi connectivity index (χ0n) is 11.6. The summed E-state index contributed by atoms with van der Waals surface area (Å²) in [5.74, 6) is 0.00500. The fourth-order valence-electron chi connectivity index (χ4n) is 2.10. The molecule has 1 unspecified atom stereocenters. The van der Waals surface area contributed by atoms with E-state index in [1.807, 2.05) is 51.1 Å². The molecule has 1 aromatic rings. The third-order valence-electron chi connectivity index (χ3n) is 3.16. The number of amides is 1. The Morgan fingerprint density at radius 1 is 1.33 bits per heavy atom. The van der Waals surface area contributed by atoms with Crippen molar-refractivity contribution >= 4 is 5.91 Å². The fraction of sp³-hybridized carbons (Fsp3) is 0.533. The van der Waals surface area contributed by atoms with Gasteiger partial charge in [0.15, 0.2) is 0 Å². The van der Waals surface area contributed by atoms with Crippen molar-refractivity contribution < 1.29 is 4.79 Å². The third-order valence-corrected chi connectivity index (χ3v) is 3.16. The van der Waals surface area contributed by atoms with Gasteiger partial charge in [-0.15, -0.1) is 0 Å². The molecule has 3 nitrogen and oxygen atoms in total. The first-order valence-electron chi connectivity index (χ1n) is 6.57. The second-order valence-electron chi connectivity index (χ2n) is 5.28. The van der Waals surface area contributed by atoms with Crippen LogP contribution in [0.2, 0.25) is 0 Å². The van der Waals surface area contributed by atoms with Crippen LogP contribution < -0.4 is 11.1 Å². The van der Waals surface area contributed by atoms with Gasteiger partial charge in [-0.3, -0.25) is 4.79 Å². The first kappa shape index (κ1) is 14.7. The number of carbonyl (C=O) groups is 1. The summed E-state index contributed by atoms with van der Waals surface area (Å²) in [6.45, 7) is 6.63. The molecule has 0 aliphatic carbocycles. The molecule has 0 saturated heterocycles. The van der Waals surface area contributed by atoms with E-state index in [-0.39, 0.29) is 17.4 Å². The van der Waals surface area contributed by atoms with E-state index in [0.29, 0.717) is 6.54 Å². The van der Waals surface area contributed by atoms with E-state index in [1.54, 1.807) is 0 Å². The summed E-state index contributed by atoms with van der Waals surface area (Å²) >= 11 is 0. The molecule has 1 atom stereocenters. The van der Waals surface area contributed by atoms with Crippen LogP contribution >= 0.6 is 0 Å². The minimum atomic E-state index is -0.242. The molecule has 0 bridgehead atoms. The van der Waals surface area contributed by atoms with Crippen LogP contribution in [0.25, 0.3) is 0 Å². The van der Waals surface area contributed by atoms with E-state index in [0.717, 1.165) is 18.4 Å². The first-order valence-corrected chi connectivity index (χ1v) is 6.57. The Kier molecular flexibility index (Phi) is 5.35. The lowest BCUT2D eigenvalue weighted by atomic mass is 9.93. The molecular formula is C15H24N2O. The second kappa shape index (κ2) is 6.55. The summed E-state index contributed by atoms with van der Waals surface area (Å²) in [4.78, 5) is 12.3. The molecule has 1 rings (SSSR count). The molecule has 0 aliphatic rings. The van der Waals surface area contributed by atoms with Crippen LogP contribution in [0.3, 0.4) is 0 Å². The summed E-state index contributed by atoms with van der Waals surface area (Å²) < 4.78 is 0. The average Bonchev–Trinajstić information content (AvgIpc) is 2.30. The Balaban J connectivity index is 2.75. The lowest BCUT2D eigenvalue weighted by Crippen LogP contribution is -2.46. The van der Waals surface area contributed by atoms with E-state index < -0.39 is 0 Å². The lowest BCUT2D eigenvalue weighted by molar-refractivity contribution is -0.124. The van der Waals surface area contributed by atoms with E-state index in [4.69, 9.17) is 5.73 Å². The van der Waals surface area contributed by atoms with Crippen molar-refractivity contribution in [3.8, 4) is 0 Å². The van der Waals surface area contributed by atoms with Gasteiger partial charge in [-0.25, -0.2) is 0 Å². The van der Waals surface area contributed by atoms with E-state index in [1.165, 1.54) is 0 Å². The SMILES string of the molecule is CCC(C(=O)NC(C)(C)CCN)c1ccccc1. The van der Waals surface area contributed by atoms with Crippen LogP contribution in [0.5, 0.6) is 0 Å². The molecule has 0 spiro atoms. The second-order valence-corrected chi connectivity index (χ2v) is 5.28. The maximum absolute atomic E-state index is 12.3. The van der Waals surface area contributed by atoms with Crippen LogP contribution in [-0.2, 0) is 4.79 Å². The predicted octanol–water partition coefficient (Wildman–Crippen LogP) is 2.42. The molecule has 0 radical (unpaired) electrons.